The Labute approximate surface area is 614 Å². The van der Waals surface area contributed by atoms with E-state index in [4.69, 9.17) is 85.3 Å². The molecule has 8 aliphatic heterocycles. The van der Waals surface area contributed by atoms with Gasteiger partial charge in [0.15, 0.2) is 0 Å². The predicted octanol–water partition coefficient (Wildman–Crippen LogP) is 23.4. The molecule has 8 aliphatic rings. The second-order valence-corrected chi connectivity index (χ2v) is 29.8. The van der Waals surface area contributed by atoms with Crippen molar-refractivity contribution in [2.75, 3.05) is 26.4 Å². The van der Waals surface area contributed by atoms with Gasteiger partial charge in [-0.3, -0.25) is 0 Å². The Morgan fingerprint density at radius 1 is 0.309 bits per heavy atom. The molecule has 8 nitrogen and oxygen atoms in total. The van der Waals surface area contributed by atoms with E-state index in [-0.39, 0.29) is 19.5 Å². The maximum Gasteiger partial charge on any atom is 2.00 e. The number of nitrogens with zero attached hydrogens (tertiary/aromatic N) is 4. The van der Waals surface area contributed by atoms with E-state index in [1.807, 2.05) is 109 Å². The zero-order valence-corrected chi connectivity index (χ0v) is 62.3. The molecule has 11 heterocycles. The van der Waals surface area contributed by atoms with Gasteiger partial charge >= 0.3 is 19.5 Å². The summed E-state index contributed by atoms with van der Waals surface area (Å²) in [6.07, 6.45) is 20.5. The number of halogens is 4. The Bertz CT molecular complexity index is 4770. The largest absolute Gasteiger partial charge is 2.00 e. The average molecular weight is 1480 g/mol. The molecule has 10 aromatic rings. The zero-order chi connectivity index (χ0) is 64.9. The molecule has 482 valence electrons. The van der Waals surface area contributed by atoms with Crippen LogP contribution in [0, 0.1) is 0 Å². The van der Waals surface area contributed by atoms with Gasteiger partial charge in [-0.25, -0.2) is 9.97 Å². The minimum atomic E-state index is 0. The van der Waals surface area contributed by atoms with Gasteiger partial charge in [0.05, 0.1) is 57.7 Å². The Kier molecular flexibility index (Phi) is 21.7. The normalized spacial score (nSPS) is 15.7. The van der Waals surface area contributed by atoms with E-state index in [1.165, 1.54) is 40.5 Å². The van der Waals surface area contributed by atoms with Crippen LogP contribution < -0.4 is 39.4 Å². The maximum absolute atomic E-state index is 7.18. The average Bonchev–Trinajstić information content (AvgIpc) is 1.53. The van der Waals surface area contributed by atoms with Crippen molar-refractivity contribution in [3.8, 4) is 67.5 Å². The fourth-order valence-corrected chi connectivity index (χ4v) is 18.2. The van der Waals surface area contributed by atoms with E-state index in [2.05, 4.69) is 82.3 Å². The van der Waals surface area contributed by atoms with E-state index in [0.29, 0.717) is 114 Å². The van der Waals surface area contributed by atoms with Gasteiger partial charge in [0.25, 0.3) is 0 Å². The van der Waals surface area contributed by atoms with Gasteiger partial charge in [-0.05, 0) is 211 Å². The van der Waals surface area contributed by atoms with Crippen LogP contribution in [0.1, 0.15) is 99.8 Å². The molecule has 0 amide bonds. The van der Waals surface area contributed by atoms with Crippen molar-refractivity contribution >= 4 is 170 Å². The Morgan fingerprint density at radius 3 is 0.979 bits per heavy atom. The standard InChI is InChI=1S/C80H64Cl4N4O4S4.Zn/c81-59-21-15-22-60(82)75(59)77-67-33-29-63(85-67)71-49-17-13-19-51(45-49)89-37-9-5-1-3-7-11-39-91-53-25-27-55-57(47-53)73(79-93-41-42-94-79)56-28-26-54(48-58(56)74(55)80-95-43-44-96-80)92-40-12-8-4-2-6-10-38-90-52-20-14-18-50(46-52)72(65-31-35-69(77)87-65)66-32-36-70(88-66)78(68-34-30-64(71)86-68)76-61(83)23-16-24-62(76)84;/h13-36,41-48H,1-12,37-40H2;/q-2;+2. The van der Waals surface area contributed by atoms with Gasteiger partial charge in [0.1, 0.15) is 23.0 Å². The van der Waals surface area contributed by atoms with Crippen molar-refractivity contribution < 1.29 is 38.4 Å². The molecule has 20 bridgehead atoms. The molecular formula is C80H64Cl4N4O4S4Zn. The molecule has 0 saturated heterocycles. The Balaban J connectivity index is 0.00000807. The topological polar surface area (TPSA) is 90.9 Å². The first kappa shape index (κ1) is 67.4. The second-order valence-electron chi connectivity index (χ2n) is 24.0. The van der Waals surface area contributed by atoms with Gasteiger partial charge < -0.3 is 28.9 Å². The molecule has 17 heteroatoms. The molecule has 0 aliphatic carbocycles. The van der Waals surface area contributed by atoms with Gasteiger partial charge in [-0.1, -0.05) is 205 Å². The van der Waals surface area contributed by atoms with Crippen LogP contribution in [0.25, 0.3) is 121 Å². The summed E-state index contributed by atoms with van der Waals surface area (Å²) in [6, 6.07) is 48.9. The van der Waals surface area contributed by atoms with Crippen LogP contribution in [-0.4, -0.2) is 36.4 Å². The quantitative estimate of drug-likeness (QED) is 0.122. The molecule has 0 fully saturated rings. The van der Waals surface area contributed by atoms with Crippen LogP contribution in [0.5, 0.6) is 23.0 Å². The van der Waals surface area contributed by atoms with Crippen molar-refractivity contribution in [2.24, 2.45) is 0 Å². The van der Waals surface area contributed by atoms with Gasteiger partial charge in [0, 0.05) is 41.7 Å². The van der Waals surface area contributed by atoms with E-state index in [9.17, 15) is 0 Å². The zero-order valence-electron chi connectivity index (χ0n) is 53.1. The smallest absolute Gasteiger partial charge is 0.657 e. The van der Waals surface area contributed by atoms with Gasteiger partial charge in [-0.15, -0.1) is 22.1 Å². The molecule has 3 aromatic heterocycles. The number of benzene rings is 7. The van der Waals surface area contributed by atoms with E-state index < -0.39 is 0 Å². The number of hydrogen-bond donors (Lipinski definition) is 0. The number of aromatic nitrogens is 4. The molecule has 0 atom stereocenters. The fourth-order valence-electron chi connectivity index (χ4n) is 13.2. The molecule has 0 spiro atoms. The van der Waals surface area contributed by atoms with Crippen LogP contribution in [0.2, 0.25) is 20.1 Å². The van der Waals surface area contributed by atoms with Crippen LogP contribution >= 0.6 is 93.5 Å². The number of ether oxygens (including phenoxy) is 4. The van der Waals surface area contributed by atoms with Crippen LogP contribution in [-0.2, 0) is 19.5 Å². The molecule has 0 radical (unpaired) electrons. The first-order chi connectivity index (χ1) is 47.3. The van der Waals surface area contributed by atoms with Gasteiger partial charge in [0.2, 0.25) is 0 Å². The van der Waals surface area contributed by atoms with Crippen molar-refractivity contribution in [1.82, 2.24) is 19.9 Å². The summed E-state index contributed by atoms with van der Waals surface area (Å²) in [7, 11) is 0. The summed E-state index contributed by atoms with van der Waals surface area (Å²) in [5.74, 6) is 3.29. The summed E-state index contributed by atoms with van der Waals surface area (Å²) in [4.78, 5) is 21.9. The van der Waals surface area contributed by atoms with E-state index in [1.54, 1.807) is 47.0 Å². The van der Waals surface area contributed by atoms with Crippen molar-refractivity contribution in [1.29, 1.82) is 0 Å². The summed E-state index contributed by atoms with van der Waals surface area (Å²) < 4.78 is 28.9. The van der Waals surface area contributed by atoms with Crippen LogP contribution in [0.3, 0.4) is 0 Å². The van der Waals surface area contributed by atoms with E-state index >= 15 is 0 Å². The molecule has 7 aromatic carbocycles. The third kappa shape index (κ3) is 14.7. The Hall–Kier alpha value is -6.74. The first-order valence-electron chi connectivity index (χ1n) is 32.7. The first-order valence-corrected chi connectivity index (χ1v) is 37.7. The van der Waals surface area contributed by atoms with Crippen molar-refractivity contribution in [3.63, 3.8) is 0 Å². The van der Waals surface area contributed by atoms with E-state index in [0.717, 1.165) is 122 Å². The third-order valence-electron chi connectivity index (χ3n) is 17.7. The molecule has 0 saturated carbocycles. The van der Waals surface area contributed by atoms with Crippen molar-refractivity contribution in [2.45, 2.75) is 77.0 Å². The van der Waals surface area contributed by atoms with Crippen LogP contribution in [0.4, 0.5) is 0 Å². The molecule has 0 N–H and O–H groups in total. The number of hydrogen-bond acceptors (Lipinski definition) is 10. The SMILES string of the molecule is Clc1cccc(Cl)c1-c1c2nc(c3c4ccc([n-]4)c(-c4c(Cl)cccc4Cl)c4nc(c(c5ccc1[n-]5)-c1cccc(c1)OCCCCCCCCOc1ccc5c(=C6SC=CS6)c6cc(ccc6c(=C6SC=CS6)c5c1)OCCCCCCCCOc1cccc-3c1)C=C4)C=C2.[Zn+2]. The van der Waals surface area contributed by atoms with Crippen LogP contribution in [0.15, 0.2) is 167 Å². The third-order valence-corrected chi connectivity index (χ3v) is 23.2. The van der Waals surface area contributed by atoms with Crippen molar-refractivity contribution in [3.05, 3.63) is 221 Å². The summed E-state index contributed by atoms with van der Waals surface area (Å²) in [5.41, 5.74) is 11.2. The minimum Gasteiger partial charge on any atom is -0.657 e. The Morgan fingerprint density at radius 2 is 0.619 bits per heavy atom. The van der Waals surface area contributed by atoms with Gasteiger partial charge in [-0.2, -0.15) is 0 Å². The predicted molar refractivity (Wildman–Crippen MR) is 412 cm³/mol. The minimum absolute atomic E-state index is 0. The monoisotopic (exact) mass is 1480 g/mol. The molecule has 18 rings (SSSR count). The molecule has 0 unspecified atom stereocenters. The molecular weight excluding hydrogens is 1420 g/mol. The number of rotatable bonds is 2. The summed E-state index contributed by atoms with van der Waals surface area (Å²) in [5, 5.41) is 18.0. The fraction of sp³-hybridized carbons (Fsp3) is 0.200. The number of thioether (sulfide) groups is 4. The maximum atomic E-state index is 7.18. The summed E-state index contributed by atoms with van der Waals surface area (Å²) >= 11 is 35.9. The molecule has 97 heavy (non-hydrogen) atoms. The summed E-state index contributed by atoms with van der Waals surface area (Å²) in [6.45, 7) is 2.46. The second kappa shape index (κ2) is 31.2.